The van der Waals surface area contributed by atoms with E-state index >= 15 is 0 Å². The minimum absolute atomic E-state index is 0.0541. The van der Waals surface area contributed by atoms with Crippen LogP contribution in [-0.4, -0.2) is 21.2 Å². The van der Waals surface area contributed by atoms with Crippen LogP contribution < -0.4 is 0 Å². The van der Waals surface area contributed by atoms with E-state index in [-0.39, 0.29) is 18.7 Å². The van der Waals surface area contributed by atoms with Gasteiger partial charge in [-0.1, -0.05) is 35.5 Å². The zero-order chi connectivity index (χ0) is 19.0. The summed E-state index contributed by atoms with van der Waals surface area (Å²) in [5.74, 6) is -0.663. The van der Waals surface area contributed by atoms with Gasteiger partial charge in [-0.05, 0) is 37.1 Å². The molecule has 0 radical (unpaired) electrons. The molecule has 0 aliphatic carbocycles. The first kappa shape index (κ1) is 17.0. The summed E-state index contributed by atoms with van der Waals surface area (Å²) in [7, 11) is 0. The number of benzene rings is 2. The Kier molecular flexibility index (Phi) is 4.24. The van der Waals surface area contributed by atoms with Gasteiger partial charge in [0, 0.05) is 22.9 Å². The maximum absolute atomic E-state index is 13.8. The van der Waals surface area contributed by atoms with E-state index in [9.17, 15) is 9.18 Å². The van der Waals surface area contributed by atoms with Crippen LogP contribution in [0.3, 0.4) is 0 Å². The largest absolute Gasteiger partial charge is 0.481 e. The standard InChI is InChI=1S/C21H17FN2O3/c1-12-19(20(24-27-12)13-5-3-2-4-6-13)21-15(8-10-18(25)26)16-11-14(22)7-9-17(16)23-21/h2-7,9,11,23H,8,10H2,1H3,(H,25,26). The molecular formula is C21H17FN2O3. The van der Waals surface area contributed by atoms with Gasteiger partial charge in [0.15, 0.2) is 0 Å². The number of hydrogen-bond donors (Lipinski definition) is 2. The lowest BCUT2D eigenvalue weighted by atomic mass is 9.97. The third-order valence-electron chi connectivity index (χ3n) is 4.62. The highest BCUT2D eigenvalue weighted by Gasteiger charge is 2.23. The second kappa shape index (κ2) is 6.72. The molecular weight excluding hydrogens is 347 g/mol. The monoisotopic (exact) mass is 364 g/mol. The number of fused-ring (bicyclic) bond motifs is 1. The van der Waals surface area contributed by atoms with Gasteiger partial charge in [0.2, 0.25) is 0 Å². The van der Waals surface area contributed by atoms with Gasteiger partial charge in [0.1, 0.15) is 17.3 Å². The summed E-state index contributed by atoms with van der Waals surface area (Å²) in [4.78, 5) is 14.4. The maximum atomic E-state index is 13.8. The van der Waals surface area contributed by atoms with Gasteiger partial charge in [-0.3, -0.25) is 4.79 Å². The molecule has 0 unspecified atom stereocenters. The molecule has 0 atom stereocenters. The fraction of sp³-hybridized carbons (Fsp3) is 0.143. The minimum Gasteiger partial charge on any atom is -0.481 e. The smallest absolute Gasteiger partial charge is 0.303 e. The molecule has 136 valence electrons. The quantitative estimate of drug-likeness (QED) is 0.525. The Labute approximate surface area is 154 Å². The maximum Gasteiger partial charge on any atom is 0.303 e. The third kappa shape index (κ3) is 3.10. The number of nitrogens with zero attached hydrogens (tertiary/aromatic N) is 1. The van der Waals surface area contributed by atoms with E-state index in [2.05, 4.69) is 10.1 Å². The second-order valence-electron chi connectivity index (χ2n) is 6.39. The van der Waals surface area contributed by atoms with E-state index in [1.807, 2.05) is 37.3 Å². The molecule has 4 aromatic rings. The molecule has 0 aliphatic heterocycles. The normalized spacial score (nSPS) is 11.2. The molecule has 5 nitrogen and oxygen atoms in total. The number of hydrogen-bond acceptors (Lipinski definition) is 3. The number of aromatic amines is 1. The van der Waals surface area contributed by atoms with E-state index in [1.54, 1.807) is 6.07 Å². The summed E-state index contributed by atoms with van der Waals surface area (Å²) in [5, 5.41) is 14.0. The molecule has 2 N–H and O–H groups in total. The number of rotatable bonds is 5. The number of aliphatic carboxylic acids is 1. The van der Waals surface area contributed by atoms with Crippen LogP contribution in [0, 0.1) is 12.7 Å². The van der Waals surface area contributed by atoms with Crippen LogP contribution in [0.1, 0.15) is 17.7 Å². The summed E-state index contributed by atoms with van der Waals surface area (Å²) in [6, 6.07) is 14.1. The molecule has 0 spiro atoms. The summed E-state index contributed by atoms with van der Waals surface area (Å²) < 4.78 is 19.3. The van der Waals surface area contributed by atoms with Gasteiger partial charge in [0.25, 0.3) is 0 Å². The topological polar surface area (TPSA) is 79.1 Å². The van der Waals surface area contributed by atoms with Crippen LogP contribution in [-0.2, 0) is 11.2 Å². The van der Waals surface area contributed by atoms with Crippen LogP contribution in [0.25, 0.3) is 33.4 Å². The lowest BCUT2D eigenvalue weighted by Crippen LogP contribution is -1.99. The number of carbonyl (C=O) groups is 1. The zero-order valence-electron chi connectivity index (χ0n) is 14.6. The van der Waals surface area contributed by atoms with Crippen LogP contribution in [0.5, 0.6) is 0 Å². The van der Waals surface area contributed by atoms with E-state index in [0.29, 0.717) is 16.8 Å². The number of aryl methyl sites for hydroxylation is 2. The molecule has 0 saturated carbocycles. The number of nitrogens with one attached hydrogen (secondary N) is 1. The first-order chi connectivity index (χ1) is 13.0. The second-order valence-corrected chi connectivity index (χ2v) is 6.39. The Morgan fingerprint density at radius 1 is 1.22 bits per heavy atom. The summed E-state index contributed by atoms with van der Waals surface area (Å²) in [6.45, 7) is 1.81. The highest BCUT2D eigenvalue weighted by Crippen LogP contribution is 2.39. The molecule has 4 rings (SSSR count). The molecule has 2 aromatic heterocycles. The molecule has 0 amide bonds. The van der Waals surface area contributed by atoms with Crippen LogP contribution in [0.15, 0.2) is 53.1 Å². The molecule has 2 aromatic carbocycles. The Morgan fingerprint density at radius 2 is 2.00 bits per heavy atom. The van der Waals surface area contributed by atoms with Crippen molar-refractivity contribution in [1.29, 1.82) is 0 Å². The highest BCUT2D eigenvalue weighted by molar-refractivity contribution is 5.94. The first-order valence-electron chi connectivity index (χ1n) is 8.58. The predicted octanol–water partition coefficient (Wildman–Crippen LogP) is 4.95. The molecule has 0 aliphatic rings. The van der Waals surface area contributed by atoms with Gasteiger partial charge in [-0.2, -0.15) is 0 Å². The van der Waals surface area contributed by atoms with Gasteiger partial charge < -0.3 is 14.6 Å². The van der Waals surface area contributed by atoms with E-state index in [1.165, 1.54) is 12.1 Å². The number of carboxylic acids is 1. The number of H-pyrrole nitrogens is 1. The average molecular weight is 364 g/mol. The van der Waals surface area contributed by atoms with Crippen LogP contribution in [0.2, 0.25) is 0 Å². The molecule has 6 heteroatoms. The van der Waals surface area contributed by atoms with Crippen molar-refractivity contribution in [2.75, 3.05) is 0 Å². The fourth-order valence-corrected chi connectivity index (χ4v) is 3.38. The van der Waals surface area contributed by atoms with Crippen molar-refractivity contribution < 1.29 is 18.8 Å². The van der Waals surface area contributed by atoms with Gasteiger partial charge in [0.05, 0.1) is 11.3 Å². The van der Waals surface area contributed by atoms with Crippen molar-refractivity contribution in [2.24, 2.45) is 0 Å². The third-order valence-corrected chi connectivity index (χ3v) is 4.62. The molecule has 27 heavy (non-hydrogen) atoms. The van der Waals surface area contributed by atoms with Crippen LogP contribution >= 0.6 is 0 Å². The zero-order valence-corrected chi connectivity index (χ0v) is 14.6. The molecule has 0 fully saturated rings. The Balaban J connectivity index is 1.96. The molecule has 0 saturated heterocycles. The molecule has 2 heterocycles. The summed E-state index contributed by atoms with van der Waals surface area (Å²) in [5.41, 5.74) is 4.52. The fourth-order valence-electron chi connectivity index (χ4n) is 3.38. The number of halogens is 1. The van der Waals surface area contributed by atoms with Crippen LogP contribution in [0.4, 0.5) is 4.39 Å². The lowest BCUT2D eigenvalue weighted by molar-refractivity contribution is -0.136. The number of carboxylic acid groups (broad SMARTS) is 1. The Morgan fingerprint density at radius 3 is 2.74 bits per heavy atom. The highest BCUT2D eigenvalue weighted by atomic mass is 19.1. The van der Waals surface area contributed by atoms with Gasteiger partial charge >= 0.3 is 5.97 Å². The van der Waals surface area contributed by atoms with Crippen molar-refractivity contribution in [3.05, 3.63) is 65.7 Å². The minimum atomic E-state index is -0.906. The first-order valence-corrected chi connectivity index (χ1v) is 8.58. The Bertz CT molecular complexity index is 1130. The summed E-state index contributed by atoms with van der Waals surface area (Å²) in [6.07, 6.45) is 0.217. The SMILES string of the molecule is Cc1onc(-c2ccccc2)c1-c1[nH]c2ccc(F)cc2c1CCC(=O)O. The van der Waals surface area contributed by atoms with Crippen molar-refractivity contribution in [2.45, 2.75) is 19.8 Å². The van der Waals surface area contributed by atoms with E-state index < -0.39 is 5.97 Å². The Hall–Kier alpha value is -3.41. The van der Waals surface area contributed by atoms with Crippen molar-refractivity contribution >= 4 is 16.9 Å². The lowest BCUT2D eigenvalue weighted by Gasteiger charge is -2.05. The average Bonchev–Trinajstić information content (AvgIpc) is 3.20. The van der Waals surface area contributed by atoms with Gasteiger partial charge in [-0.15, -0.1) is 0 Å². The van der Waals surface area contributed by atoms with E-state index in [0.717, 1.165) is 27.9 Å². The summed E-state index contributed by atoms with van der Waals surface area (Å²) >= 11 is 0. The number of aromatic nitrogens is 2. The van der Waals surface area contributed by atoms with Crippen molar-refractivity contribution in [1.82, 2.24) is 10.1 Å². The van der Waals surface area contributed by atoms with E-state index in [4.69, 9.17) is 9.63 Å². The predicted molar refractivity (Wildman–Crippen MR) is 99.9 cm³/mol. The van der Waals surface area contributed by atoms with Gasteiger partial charge in [-0.25, -0.2) is 4.39 Å². The molecule has 0 bridgehead atoms. The van der Waals surface area contributed by atoms with Crippen molar-refractivity contribution in [3.63, 3.8) is 0 Å². The van der Waals surface area contributed by atoms with Crippen molar-refractivity contribution in [3.8, 4) is 22.5 Å².